The van der Waals surface area contributed by atoms with Crippen molar-refractivity contribution in [2.75, 3.05) is 0 Å². The van der Waals surface area contributed by atoms with Crippen molar-refractivity contribution in [3.63, 3.8) is 0 Å². The van der Waals surface area contributed by atoms with Gasteiger partial charge in [-0.3, -0.25) is 4.79 Å². The molecule has 2 aromatic heterocycles. The number of halogens is 4. The molecule has 28 heavy (non-hydrogen) atoms. The second-order valence-electron chi connectivity index (χ2n) is 6.12. The Balaban J connectivity index is 2.09. The molecule has 144 valence electrons. The van der Waals surface area contributed by atoms with Crippen molar-refractivity contribution in [2.45, 2.75) is 26.1 Å². The number of carbonyl (C=O) groups excluding carboxylic acids is 1. The number of aryl methyl sites for hydroxylation is 1. The molecule has 0 saturated heterocycles. The molecule has 2 heterocycles. The molecular weight excluding hydrogens is 378 g/mol. The summed E-state index contributed by atoms with van der Waals surface area (Å²) in [4.78, 5) is 16.5. The second kappa shape index (κ2) is 6.92. The van der Waals surface area contributed by atoms with Gasteiger partial charge in [-0.15, -0.1) is 0 Å². The van der Waals surface area contributed by atoms with Crippen molar-refractivity contribution < 1.29 is 22.4 Å². The van der Waals surface area contributed by atoms with Gasteiger partial charge in [0.2, 0.25) is 0 Å². The van der Waals surface area contributed by atoms with Crippen molar-refractivity contribution >= 4 is 11.6 Å². The van der Waals surface area contributed by atoms with E-state index in [0.29, 0.717) is 5.69 Å². The van der Waals surface area contributed by atoms with Crippen LogP contribution in [0.15, 0.2) is 30.5 Å². The second-order valence-corrected chi connectivity index (χ2v) is 6.12. The first-order valence-corrected chi connectivity index (χ1v) is 8.05. The zero-order chi connectivity index (χ0) is 20.6. The fraction of sp³-hybridized carbons (Fsp3) is 0.222. The number of hydrogen-bond donors (Lipinski definition) is 1. The molecule has 0 saturated carbocycles. The first-order valence-electron chi connectivity index (χ1n) is 8.05. The van der Waals surface area contributed by atoms with Crippen molar-refractivity contribution in [2.24, 2.45) is 0 Å². The highest BCUT2D eigenvalue weighted by Crippen LogP contribution is 2.25. The van der Waals surface area contributed by atoms with E-state index in [0.717, 1.165) is 19.2 Å². The van der Waals surface area contributed by atoms with Crippen LogP contribution in [-0.4, -0.2) is 32.7 Å². The Hall–Kier alpha value is -3.48. The minimum absolute atomic E-state index is 0.0244. The van der Waals surface area contributed by atoms with Crippen molar-refractivity contribution in [1.29, 1.82) is 5.26 Å². The Morgan fingerprint density at radius 1 is 1.32 bits per heavy atom. The normalized spacial score (nSPS) is 12.6. The first-order chi connectivity index (χ1) is 13.1. The monoisotopic (exact) mass is 391 g/mol. The fourth-order valence-electron chi connectivity index (χ4n) is 2.56. The predicted octanol–water partition coefficient (Wildman–Crippen LogP) is 3.40. The Morgan fingerprint density at radius 3 is 2.68 bits per heavy atom. The zero-order valence-corrected chi connectivity index (χ0v) is 14.7. The number of nitrogens with one attached hydrogen (secondary N) is 1. The molecule has 1 amide bonds. The quantitative estimate of drug-likeness (QED) is 0.694. The number of hydrogen-bond acceptors (Lipinski definition) is 4. The molecule has 1 atom stereocenters. The highest BCUT2D eigenvalue weighted by Gasteiger charge is 2.37. The Kier molecular flexibility index (Phi) is 4.77. The molecule has 0 aliphatic carbocycles. The zero-order valence-electron chi connectivity index (χ0n) is 14.7. The first kappa shape index (κ1) is 19.3. The summed E-state index contributed by atoms with van der Waals surface area (Å²) in [6, 6.07) is 5.05. The van der Waals surface area contributed by atoms with Gasteiger partial charge in [-0.1, -0.05) is 0 Å². The number of fused-ring (bicyclic) bond motifs is 1. The molecule has 6 nitrogen and oxygen atoms in total. The van der Waals surface area contributed by atoms with E-state index in [1.165, 1.54) is 22.7 Å². The summed E-state index contributed by atoms with van der Waals surface area (Å²) < 4.78 is 53.6. The lowest BCUT2D eigenvalue weighted by molar-refractivity contribution is -0.149. The van der Waals surface area contributed by atoms with Gasteiger partial charge in [-0.05, 0) is 38.1 Å². The van der Waals surface area contributed by atoms with Gasteiger partial charge in [0.1, 0.15) is 17.4 Å². The van der Waals surface area contributed by atoms with Crippen molar-refractivity contribution in [3.8, 4) is 17.3 Å². The van der Waals surface area contributed by atoms with Gasteiger partial charge in [0.15, 0.2) is 5.65 Å². The largest absolute Gasteiger partial charge is 0.408 e. The average Bonchev–Trinajstić information content (AvgIpc) is 3.06. The maximum atomic E-state index is 14.2. The molecule has 0 aliphatic rings. The van der Waals surface area contributed by atoms with Gasteiger partial charge >= 0.3 is 6.18 Å². The van der Waals surface area contributed by atoms with Crippen LogP contribution in [0.3, 0.4) is 0 Å². The maximum Gasteiger partial charge on any atom is 0.408 e. The van der Waals surface area contributed by atoms with Crippen LogP contribution in [0.25, 0.3) is 16.9 Å². The smallest absolute Gasteiger partial charge is 0.340 e. The summed E-state index contributed by atoms with van der Waals surface area (Å²) in [5.74, 6) is -1.64. The number of amides is 1. The minimum atomic E-state index is -4.60. The van der Waals surface area contributed by atoms with E-state index in [4.69, 9.17) is 5.26 Å². The van der Waals surface area contributed by atoms with E-state index in [1.807, 2.05) is 11.4 Å². The van der Waals surface area contributed by atoms with Gasteiger partial charge in [-0.25, -0.2) is 13.9 Å². The van der Waals surface area contributed by atoms with E-state index in [1.54, 1.807) is 6.92 Å². The van der Waals surface area contributed by atoms with Crippen LogP contribution in [0.1, 0.15) is 28.5 Å². The summed E-state index contributed by atoms with van der Waals surface area (Å²) in [7, 11) is 0. The third-order valence-electron chi connectivity index (χ3n) is 4.10. The van der Waals surface area contributed by atoms with Gasteiger partial charge in [-0.2, -0.15) is 23.5 Å². The summed E-state index contributed by atoms with van der Waals surface area (Å²) >= 11 is 0. The molecule has 1 N–H and O–H groups in total. The van der Waals surface area contributed by atoms with Gasteiger partial charge < -0.3 is 5.32 Å². The van der Waals surface area contributed by atoms with E-state index < -0.39 is 23.9 Å². The molecule has 1 aromatic carbocycles. The molecule has 3 aromatic rings. The lowest BCUT2D eigenvalue weighted by Crippen LogP contribution is -2.43. The number of alkyl halides is 3. The number of aromatic nitrogens is 3. The van der Waals surface area contributed by atoms with Gasteiger partial charge in [0, 0.05) is 11.3 Å². The lowest BCUT2D eigenvalue weighted by Gasteiger charge is -2.16. The number of carbonyl (C=O) groups is 1. The third kappa shape index (κ3) is 3.51. The van der Waals surface area contributed by atoms with Crippen LogP contribution in [-0.2, 0) is 0 Å². The van der Waals surface area contributed by atoms with E-state index in [9.17, 15) is 22.4 Å². The van der Waals surface area contributed by atoms with Crippen LogP contribution in [0.5, 0.6) is 0 Å². The summed E-state index contributed by atoms with van der Waals surface area (Å²) in [6.07, 6.45) is -3.51. The summed E-state index contributed by atoms with van der Waals surface area (Å²) in [6.45, 7) is 2.44. The Labute approximate surface area is 156 Å². The third-order valence-corrected chi connectivity index (χ3v) is 4.10. The standard InChI is InChI=1S/C18H13F4N5O/c1-9-5-15(12-6-11(7-23)3-4-14(12)19)26-16-13(8-24-27(9)16)17(28)25-10(2)18(20,21)22/h3-6,8,10H,1-2H3,(H,25,28)/t10-/m0/s1. The minimum Gasteiger partial charge on any atom is -0.340 e. The Morgan fingerprint density at radius 2 is 2.04 bits per heavy atom. The molecule has 3 rings (SSSR count). The highest BCUT2D eigenvalue weighted by atomic mass is 19.4. The molecule has 10 heteroatoms. The molecule has 0 spiro atoms. The van der Waals surface area contributed by atoms with Crippen LogP contribution in [0.4, 0.5) is 17.6 Å². The van der Waals surface area contributed by atoms with Crippen LogP contribution in [0, 0.1) is 24.1 Å². The molecule has 0 radical (unpaired) electrons. The van der Waals surface area contributed by atoms with Gasteiger partial charge in [0.25, 0.3) is 5.91 Å². The van der Waals surface area contributed by atoms with E-state index >= 15 is 0 Å². The predicted molar refractivity (Wildman–Crippen MR) is 90.8 cm³/mol. The van der Waals surface area contributed by atoms with E-state index in [-0.39, 0.29) is 28.0 Å². The average molecular weight is 391 g/mol. The molecular formula is C18H13F4N5O. The summed E-state index contributed by atoms with van der Waals surface area (Å²) in [5.41, 5.74) is 0.631. The molecule has 0 bridgehead atoms. The number of benzene rings is 1. The van der Waals surface area contributed by atoms with Crippen LogP contribution in [0.2, 0.25) is 0 Å². The van der Waals surface area contributed by atoms with Gasteiger partial charge in [0.05, 0.1) is 23.5 Å². The van der Waals surface area contributed by atoms with Crippen molar-refractivity contribution in [1.82, 2.24) is 19.9 Å². The Bertz CT molecular complexity index is 1110. The lowest BCUT2D eigenvalue weighted by atomic mass is 10.1. The summed E-state index contributed by atoms with van der Waals surface area (Å²) in [5, 5.41) is 14.8. The van der Waals surface area contributed by atoms with Crippen LogP contribution < -0.4 is 5.32 Å². The molecule has 0 fully saturated rings. The van der Waals surface area contributed by atoms with E-state index in [2.05, 4.69) is 10.1 Å². The molecule has 0 unspecified atom stereocenters. The number of nitrogens with zero attached hydrogens (tertiary/aromatic N) is 4. The fourth-order valence-corrected chi connectivity index (χ4v) is 2.56. The maximum absolute atomic E-state index is 14.2. The SMILES string of the molecule is Cc1cc(-c2cc(C#N)ccc2F)nc2c(C(=O)N[C@@H](C)C(F)(F)F)cnn12. The van der Waals surface area contributed by atoms with Crippen LogP contribution >= 0.6 is 0 Å². The number of rotatable bonds is 3. The number of nitriles is 1. The topological polar surface area (TPSA) is 83.1 Å². The molecule has 0 aliphatic heterocycles. The van der Waals surface area contributed by atoms with Crippen molar-refractivity contribution in [3.05, 3.63) is 53.1 Å². The highest BCUT2D eigenvalue weighted by molar-refractivity contribution is 6.00.